The molecule has 0 spiro atoms. The SMILES string of the molecule is CC(C)CNCc1cnc(N(C)CC2CCCCO2)s1. The number of thiazole rings is 1. The molecule has 1 aliphatic heterocycles. The van der Waals surface area contributed by atoms with Crippen molar-refractivity contribution in [2.75, 3.05) is 31.6 Å². The highest BCUT2D eigenvalue weighted by Gasteiger charge is 2.17. The second-order valence-corrected chi connectivity index (χ2v) is 7.10. The third-order valence-corrected chi connectivity index (χ3v) is 4.58. The Morgan fingerprint density at radius 2 is 2.35 bits per heavy atom. The number of likely N-dealkylation sites (N-methyl/N-ethyl adjacent to an activating group) is 1. The Morgan fingerprint density at radius 3 is 3.05 bits per heavy atom. The predicted octanol–water partition coefficient (Wildman–Crippen LogP) is 2.89. The van der Waals surface area contributed by atoms with E-state index in [0.29, 0.717) is 12.0 Å². The van der Waals surface area contributed by atoms with Crippen LogP contribution in [-0.2, 0) is 11.3 Å². The average molecular weight is 297 g/mol. The van der Waals surface area contributed by atoms with E-state index >= 15 is 0 Å². The maximum Gasteiger partial charge on any atom is 0.185 e. The van der Waals surface area contributed by atoms with Crippen molar-refractivity contribution in [2.45, 2.75) is 45.8 Å². The number of rotatable bonds is 7. The van der Waals surface area contributed by atoms with Crippen LogP contribution < -0.4 is 10.2 Å². The number of aromatic nitrogens is 1. The van der Waals surface area contributed by atoms with Crippen molar-refractivity contribution in [1.29, 1.82) is 0 Å². The molecule has 1 N–H and O–H groups in total. The van der Waals surface area contributed by atoms with E-state index in [4.69, 9.17) is 4.74 Å². The number of ether oxygens (including phenoxy) is 1. The lowest BCUT2D eigenvalue weighted by molar-refractivity contribution is 0.0216. The smallest absolute Gasteiger partial charge is 0.185 e. The summed E-state index contributed by atoms with van der Waals surface area (Å²) in [5.74, 6) is 0.688. The van der Waals surface area contributed by atoms with Gasteiger partial charge >= 0.3 is 0 Å². The number of nitrogens with one attached hydrogen (secondary N) is 1. The molecule has 0 radical (unpaired) electrons. The average Bonchev–Trinajstić information content (AvgIpc) is 2.88. The molecule has 1 aromatic heterocycles. The van der Waals surface area contributed by atoms with E-state index in [0.717, 1.165) is 31.4 Å². The molecule has 20 heavy (non-hydrogen) atoms. The molecule has 1 atom stereocenters. The molecule has 0 aromatic carbocycles. The number of hydrogen-bond acceptors (Lipinski definition) is 5. The first-order valence-corrected chi connectivity index (χ1v) is 8.45. The Bertz CT molecular complexity index is 388. The van der Waals surface area contributed by atoms with Gasteiger partial charge in [-0.3, -0.25) is 0 Å². The lowest BCUT2D eigenvalue weighted by Crippen LogP contribution is -2.33. The van der Waals surface area contributed by atoms with Gasteiger partial charge in [0.25, 0.3) is 0 Å². The summed E-state index contributed by atoms with van der Waals surface area (Å²) in [5.41, 5.74) is 0. The fraction of sp³-hybridized carbons (Fsp3) is 0.800. The van der Waals surface area contributed by atoms with E-state index in [1.807, 2.05) is 6.20 Å². The second-order valence-electron chi connectivity index (χ2n) is 6.00. The molecular weight excluding hydrogens is 270 g/mol. The topological polar surface area (TPSA) is 37.4 Å². The maximum atomic E-state index is 5.79. The molecule has 0 aliphatic carbocycles. The molecule has 1 fully saturated rings. The van der Waals surface area contributed by atoms with Gasteiger partial charge in [-0.25, -0.2) is 4.98 Å². The third-order valence-electron chi connectivity index (χ3n) is 3.47. The fourth-order valence-corrected chi connectivity index (χ4v) is 3.22. The summed E-state index contributed by atoms with van der Waals surface area (Å²) >= 11 is 1.78. The maximum absolute atomic E-state index is 5.79. The van der Waals surface area contributed by atoms with Crippen LogP contribution in [0.3, 0.4) is 0 Å². The molecule has 1 aromatic rings. The van der Waals surface area contributed by atoms with Gasteiger partial charge in [0.05, 0.1) is 6.10 Å². The van der Waals surface area contributed by atoms with Crippen LogP contribution >= 0.6 is 11.3 Å². The van der Waals surface area contributed by atoms with Crippen molar-refractivity contribution in [1.82, 2.24) is 10.3 Å². The highest BCUT2D eigenvalue weighted by Crippen LogP contribution is 2.23. The first kappa shape index (κ1) is 15.7. The van der Waals surface area contributed by atoms with Gasteiger partial charge in [-0.2, -0.15) is 0 Å². The van der Waals surface area contributed by atoms with Crippen molar-refractivity contribution in [3.63, 3.8) is 0 Å². The molecule has 0 bridgehead atoms. The van der Waals surface area contributed by atoms with E-state index < -0.39 is 0 Å². The zero-order valence-electron chi connectivity index (χ0n) is 12.9. The third kappa shape index (κ3) is 5.04. The molecule has 4 nitrogen and oxygen atoms in total. The van der Waals surface area contributed by atoms with Crippen molar-refractivity contribution in [2.24, 2.45) is 5.92 Å². The molecule has 1 saturated heterocycles. The van der Waals surface area contributed by atoms with Gasteiger partial charge in [-0.05, 0) is 31.7 Å². The van der Waals surface area contributed by atoms with Crippen LogP contribution in [-0.4, -0.2) is 37.8 Å². The fourth-order valence-electron chi connectivity index (χ4n) is 2.37. The standard InChI is InChI=1S/C15H27N3OS/c1-12(2)8-16-9-14-10-17-15(20-14)18(3)11-13-6-4-5-7-19-13/h10,12-13,16H,4-9,11H2,1-3H3. The largest absolute Gasteiger partial charge is 0.376 e. The second kappa shape index (κ2) is 7.96. The van der Waals surface area contributed by atoms with Crippen LogP contribution in [0.25, 0.3) is 0 Å². The zero-order valence-corrected chi connectivity index (χ0v) is 13.7. The molecule has 2 heterocycles. The van der Waals surface area contributed by atoms with Crippen LogP contribution in [0.15, 0.2) is 6.20 Å². The van der Waals surface area contributed by atoms with Gasteiger partial charge in [0, 0.05) is 37.8 Å². The summed E-state index contributed by atoms with van der Waals surface area (Å²) in [6.45, 7) is 8.29. The Morgan fingerprint density at radius 1 is 1.50 bits per heavy atom. The van der Waals surface area contributed by atoms with Crippen molar-refractivity contribution in [3.8, 4) is 0 Å². The van der Waals surface area contributed by atoms with Gasteiger partial charge in [-0.15, -0.1) is 11.3 Å². The van der Waals surface area contributed by atoms with E-state index in [1.165, 1.54) is 24.1 Å². The van der Waals surface area contributed by atoms with E-state index in [-0.39, 0.29) is 0 Å². The minimum absolute atomic E-state index is 0.375. The molecule has 114 valence electrons. The van der Waals surface area contributed by atoms with Crippen molar-refractivity contribution in [3.05, 3.63) is 11.1 Å². The van der Waals surface area contributed by atoms with Crippen LogP contribution in [0.1, 0.15) is 38.0 Å². The van der Waals surface area contributed by atoms with Gasteiger partial charge in [0.2, 0.25) is 0 Å². The summed E-state index contributed by atoms with van der Waals surface area (Å²) in [6, 6.07) is 0. The highest BCUT2D eigenvalue weighted by molar-refractivity contribution is 7.15. The quantitative estimate of drug-likeness (QED) is 0.840. The lowest BCUT2D eigenvalue weighted by atomic mass is 10.1. The number of anilines is 1. The summed E-state index contributed by atoms with van der Waals surface area (Å²) in [7, 11) is 2.11. The highest BCUT2D eigenvalue weighted by atomic mass is 32.1. The molecule has 0 amide bonds. The van der Waals surface area contributed by atoms with Crippen LogP contribution in [0.2, 0.25) is 0 Å². The van der Waals surface area contributed by atoms with Crippen LogP contribution in [0, 0.1) is 5.92 Å². The van der Waals surface area contributed by atoms with Crippen LogP contribution in [0.5, 0.6) is 0 Å². The van der Waals surface area contributed by atoms with Gasteiger partial charge < -0.3 is 15.0 Å². The Kier molecular flexibility index (Phi) is 6.26. The zero-order chi connectivity index (χ0) is 14.4. The van der Waals surface area contributed by atoms with Gasteiger partial charge in [-0.1, -0.05) is 13.8 Å². The van der Waals surface area contributed by atoms with Gasteiger partial charge in [0.15, 0.2) is 5.13 Å². The van der Waals surface area contributed by atoms with E-state index in [2.05, 4.69) is 36.1 Å². The molecule has 1 unspecified atom stereocenters. The molecule has 5 heteroatoms. The van der Waals surface area contributed by atoms with Crippen molar-refractivity contribution >= 4 is 16.5 Å². The minimum Gasteiger partial charge on any atom is -0.376 e. The number of nitrogens with zero attached hydrogens (tertiary/aromatic N) is 2. The monoisotopic (exact) mass is 297 g/mol. The number of hydrogen-bond donors (Lipinski definition) is 1. The molecule has 0 saturated carbocycles. The Hall–Kier alpha value is -0.650. The van der Waals surface area contributed by atoms with E-state index in [1.54, 1.807) is 11.3 Å². The normalized spacial score (nSPS) is 19.5. The summed E-state index contributed by atoms with van der Waals surface area (Å²) < 4.78 is 5.79. The molecule has 1 aliphatic rings. The lowest BCUT2D eigenvalue weighted by Gasteiger charge is -2.27. The summed E-state index contributed by atoms with van der Waals surface area (Å²) in [4.78, 5) is 8.06. The first-order valence-electron chi connectivity index (χ1n) is 7.63. The Balaban J connectivity index is 1.78. The predicted molar refractivity (Wildman–Crippen MR) is 85.5 cm³/mol. The summed E-state index contributed by atoms with van der Waals surface area (Å²) in [5, 5.41) is 4.56. The molecule has 2 rings (SSSR count). The molecular formula is C15H27N3OS. The Labute approximate surface area is 126 Å². The minimum atomic E-state index is 0.375. The van der Waals surface area contributed by atoms with Crippen LogP contribution in [0.4, 0.5) is 5.13 Å². The van der Waals surface area contributed by atoms with E-state index in [9.17, 15) is 0 Å². The van der Waals surface area contributed by atoms with Crippen molar-refractivity contribution < 1.29 is 4.74 Å². The van der Waals surface area contributed by atoms with Gasteiger partial charge in [0.1, 0.15) is 0 Å². The first-order chi connectivity index (χ1) is 9.65. The summed E-state index contributed by atoms with van der Waals surface area (Å²) in [6.07, 6.45) is 6.05.